The van der Waals surface area contributed by atoms with E-state index in [2.05, 4.69) is 20.9 Å². The molecule has 2 aromatic rings. The minimum Gasteiger partial charge on any atom is -0.486 e. The summed E-state index contributed by atoms with van der Waals surface area (Å²) in [5.41, 5.74) is 1.73. The second-order valence-corrected chi connectivity index (χ2v) is 5.55. The van der Waals surface area contributed by atoms with Crippen LogP contribution in [0.2, 0.25) is 5.02 Å². The predicted octanol–water partition coefficient (Wildman–Crippen LogP) is 4.62. The second kappa shape index (κ2) is 5.85. The lowest BCUT2D eigenvalue weighted by Crippen LogP contribution is -2.15. The highest BCUT2D eigenvalue weighted by atomic mass is 79.9. The van der Waals surface area contributed by atoms with Crippen LogP contribution in [-0.4, -0.2) is 19.4 Å². The summed E-state index contributed by atoms with van der Waals surface area (Å²) in [6.45, 7) is 1.14. The van der Waals surface area contributed by atoms with Crippen LogP contribution in [0.1, 0.15) is 5.56 Å². The fourth-order valence-corrected chi connectivity index (χ4v) is 2.51. The number of hydrogen-bond donors (Lipinski definition) is 0. The van der Waals surface area contributed by atoms with E-state index in [-0.39, 0.29) is 0 Å². The maximum absolute atomic E-state index is 5.95. The van der Waals surface area contributed by atoms with Gasteiger partial charge in [-0.2, -0.15) is 0 Å². The number of rotatable bonds is 2. The third-order valence-corrected chi connectivity index (χ3v) is 3.68. The SMILES string of the molecule is Clc1cccc(C=Nc2cc3c(cc2Br)OCCO3)c1. The van der Waals surface area contributed by atoms with Gasteiger partial charge < -0.3 is 9.47 Å². The van der Waals surface area contributed by atoms with Gasteiger partial charge in [0.2, 0.25) is 0 Å². The van der Waals surface area contributed by atoms with Gasteiger partial charge in [-0.1, -0.05) is 23.7 Å². The van der Waals surface area contributed by atoms with E-state index in [9.17, 15) is 0 Å². The Morgan fingerprint density at radius 2 is 1.85 bits per heavy atom. The van der Waals surface area contributed by atoms with Gasteiger partial charge in [-0.15, -0.1) is 0 Å². The van der Waals surface area contributed by atoms with E-state index in [1.54, 1.807) is 6.21 Å². The number of aliphatic imine (C=N–C) groups is 1. The quantitative estimate of drug-likeness (QED) is 0.738. The first kappa shape index (κ1) is 13.5. The summed E-state index contributed by atoms with van der Waals surface area (Å²) in [4.78, 5) is 4.46. The normalized spacial score (nSPS) is 13.7. The van der Waals surface area contributed by atoms with Crippen molar-refractivity contribution in [3.63, 3.8) is 0 Å². The van der Waals surface area contributed by atoms with Gasteiger partial charge in [-0.05, 0) is 33.6 Å². The van der Waals surface area contributed by atoms with Gasteiger partial charge in [-0.3, -0.25) is 4.99 Å². The molecule has 3 rings (SSSR count). The number of halogens is 2. The molecule has 0 radical (unpaired) electrons. The largest absolute Gasteiger partial charge is 0.486 e. The second-order valence-electron chi connectivity index (χ2n) is 4.26. The lowest BCUT2D eigenvalue weighted by atomic mass is 10.2. The summed E-state index contributed by atoms with van der Waals surface area (Å²) in [7, 11) is 0. The molecule has 2 aromatic carbocycles. The molecule has 20 heavy (non-hydrogen) atoms. The number of ether oxygens (including phenoxy) is 2. The lowest BCUT2D eigenvalue weighted by Gasteiger charge is -2.18. The molecular weight excluding hydrogens is 342 g/mol. The zero-order valence-corrected chi connectivity index (χ0v) is 12.8. The molecule has 3 nitrogen and oxygen atoms in total. The van der Waals surface area contributed by atoms with E-state index < -0.39 is 0 Å². The Hall–Kier alpha value is -1.52. The zero-order chi connectivity index (χ0) is 13.9. The highest BCUT2D eigenvalue weighted by Gasteiger charge is 2.14. The molecule has 5 heteroatoms. The first-order chi connectivity index (χ1) is 9.72. The van der Waals surface area contributed by atoms with Gasteiger partial charge >= 0.3 is 0 Å². The average molecular weight is 353 g/mol. The van der Waals surface area contributed by atoms with E-state index in [0.29, 0.717) is 18.2 Å². The summed E-state index contributed by atoms with van der Waals surface area (Å²) in [6.07, 6.45) is 1.77. The lowest BCUT2D eigenvalue weighted by molar-refractivity contribution is 0.171. The van der Waals surface area contributed by atoms with Crippen molar-refractivity contribution in [3.8, 4) is 11.5 Å². The van der Waals surface area contributed by atoms with Crippen molar-refractivity contribution in [2.75, 3.05) is 13.2 Å². The van der Waals surface area contributed by atoms with Gasteiger partial charge in [0.25, 0.3) is 0 Å². The van der Waals surface area contributed by atoms with Crippen LogP contribution in [0.4, 0.5) is 5.69 Å². The summed E-state index contributed by atoms with van der Waals surface area (Å²) in [6, 6.07) is 11.3. The summed E-state index contributed by atoms with van der Waals surface area (Å²) in [5, 5.41) is 0.690. The van der Waals surface area contributed by atoms with Crippen LogP contribution in [-0.2, 0) is 0 Å². The van der Waals surface area contributed by atoms with Crippen LogP contribution in [0, 0.1) is 0 Å². The van der Waals surface area contributed by atoms with E-state index in [1.807, 2.05) is 36.4 Å². The van der Waals surface area contributed by atoms with E-state index in [4.69, 9.17) is 21.1 Å². The van der Waals surface area contributed by atoms with E-state index >= 15 is 0 Å². The Balaban J connectivity index is 1.90. The van der Waals surface area contributed by atoms with Crippen LogP contribution >= 0.6 is 27.5 Å². The third-order valence-electron chi connectivity index (χ3n) is 2.81. The summed E-state index contributed by atoms with van der Waals surface area (Å²) < 4.78 is 11.9. The highest BCUT2D eigenvalue weighted by molar-refractivity contribution is 9.10. The molecule has 0 aromatic heterocycles. The number of benzene rings is 2. The molecule has 0 amide bonds. The molecule has 0 N–H and O–H groups in total. The van der Waals surface area contributed by atoms with Gasteiger partial charge in [0.1, 0.15) is 13.2 Å². The summed E-state index contributed by atoms with van der Waals surface area (Å²) in [5.74, 6) is 1.46. The van der Waals surface area contributed by atoms with Crippen molar-refractivity contribution in [1.82, 2.24) is 0 Å². The van der Waals surface area contributed by atoms with Crippen LogP contribution in [0.15, 0.2) is 45.9 Å². The number of hydrogen-bond acceptors (Lipinski definition) is 3. The first-order valence-electron chi connectivity index (χ1n) is 6.11. The average Bonchev–Trinajstić information content (AvgIpc) is 2.45. The van der Waals surface area contributed by atoms with Crippen LogP contribution in [0.5, 0.6) is 11.5 Å². The summed E-state index contributed by atoms with van der Waals surface area (Å²) >= 11 is 9.43. The van der Waals surface area contributed by atoms with Crippen LogP contribution in [0.3, 0.4) is 0 Å². The van der Waals surface area contributed by atoms with E-state index in [1.165, 1.54) is 0 Å². The monoisotopic (exact) mass is 351 g/mol. The fourth-order valence-electron chi connectivity index (χ4n) is 1.88. The standard InChI is InChI=1S/C15H11BrClNO2/c16-12-7-14-15(20-5-4-19-14)8-13(12)18-9-10-2-1-3-11(17)6-10/h1-3,6-9H,4-5H2. The molecule has 0 unspecified atom stereocenters. The zero-order valence-electron chi connectivity index (χ0n) is 10.5. The van der Waals surface area contributed by atoms with E-state index in [0.717, 1.165) is 27.2 Å². The Labute approximate surface area is 130 Å². The van der Waals surface area contributed by atoms with Crippen molar-refractivity contribution >= 4 is 39.4 Å². The van der Waals surface area contributed by atoms with Gasteiger partial charge in [0, 0.05) is 27.8 Å². The molecule has 0 bridgehead atoms. The van der Waals surface area contributed by atoms with Crippen molar-refractivity contribution in [2.45, 2.75) is 0 Å². The molecule has 0 saturated heterocycles. The molecule has 0 fully saturated rings. The van der Waals surface area contributed by atoms with Gasteiger partial charge in [0.15, 0.2) is 11.5 Å². The molecule has 0 atom stereocenters. The maximum Gasteiger partial charge on any atom is 0.163 e. The predicted molar refractivity (Wildman–Crippen MR) is 83.8 cm³/mol. The van der Waals surface area contributed by atoms with Gasteiger partial charge in [-0.25, -0.2) is 0 Å². The molecular formula is C15H11BrClNO2. The smallest absolute Gasteiger partial charge is 0.163 e. The molecule has 0 spiro atoms. The maximum atomic E-state index is 5.95. The molecule has 0 saturated carbocycles. The number of fused-ring (bicyclic) bond motifs is 1. The topological polar surface area (TPSA) is 30.8 Å². The fraction of sp³-hybridized carbons (Fsp3) is 0.133. The number of nitrogens with zero attached hydrogens (tertiary/aromatic N) is 1. The van der Waals surface area contributed by atoms with Crippen molar-refractivity contribution in [2.24, 2.45) is 4.99 Å². The molecule has 1 heterocycles. The first-order valence-corrected chi connectivity index (χ1v) is 7.28. The van der Waals surface area contributed by atoms with Gasteiger partial charge in [0.05, 0.1) is 5.69 Å². The Kier molecular flexibility index (Phi) is 3.94. The Morgan fingerprint density at radius 1 is 1.10 bits per heavy atom. The minimum atomic E-state index is 0.562. The van der Waals surface area contributed by atoms with Crippen molar-refractivity contribution in [1.29, 1.82) is 0 Å². The van der Waals surface area contributed by atoms with Crippen molar-refractivity contribution in [3.05, 3.63) is 51.5 Å². The molecule has 102 valence electrons. The molecule has 1 aliphatic rings. The Bertz CT molecular complexity index is 673. The third kappa shape index (κ3) is 2.97. The molecule has 1 aliphatic heterocycles. The highest BCUT2D eigenvalue weighted by Crippen LogP contribution is 2.39. The van der Waals surface area contributed by atoms with Crippen LogP contribution < -0.4 is 9.47 Å². The van der Waals surface area contributed by atoms with Crippen LogP contribution in [0.25, 0.3) is 0 Å². The Morgan fingerprint density at radius 3 is 2.60 bits per heavy atom. The molecule has 0 aliphatic carbocycles. The minimum absolute atomic E-state index is 0.562. The van der Waals surface area contributed by atoms with Crippen molar-refractivity contribution < 1.29 is 9.47 Å².